The molecule has 2 aromatic heterocycles. The zero-order valence-corrected chi connectivity index (χ0v) is 25.8. The number of thioether (sulfide) groups is 1. The van der Waals surface area contributed by atoms with Gasteiger partial charge in [0.1, 0.15) is 18.0 Å². The lowest BCUT2D eigenvalue weighted by molar-refractivity contribution is -0.721. The van der Waals surface area contributed by atoms with Crippen LogP contribution in [0.15, 0.2) is 35.5 Å². The summed E-state index contributed by atoms with van der Waals surface area (Å²) in [5, 5.41) is 2.41. The molecule has 1 atom stereocenters. The minimum Gasteiger partial charge on any atom is -1.00 e. The molecule has 3 aromatic rings. The van der Waals surface area contributed by atoms with Gasteiger partial charge in [0, 0.05) is 52.3 Å². The third-order valence-corrected chi connectivity index (χ3v) is 8.30. The van der Waals surface area contributed by atoms with Crippen LogP contribution >= 0.6 is 82.9 Å². The number of nitrogens with zero attached hydrogens (tertiary/aromatic N) is 2. The van der Waals surface area contributed by atoms with Crippen LogP contribution in [0.25, 0.3) is 10.2 Å². The van der Waals surface area contributed by atoms with Gasteiger partial charge in [-0.2, -0.15) is 4.57 Å². The molecule has 1 aliphatic carbocycles. The number of fused-ring (bicyclic) bond motifs is 5. The van der Waals surface area contributed by atoms with E-state index >= 15 is 0 Å². The summed E-state index contributed by atoms with van der Waals surface area (Å²) in [4.78, 5) is 7.81. The van der Waals surface area contributed by atoms with E-state index in [2.05, 4.69) is 94.7 Å². The van der Waals surface area contributed by atoms with Crippen LogP contribution in [0.3, 0.4) is 0 Å². The van der Waals surface area contributed by atoms with Crippen molar-refractivity contribution in [2.45, 2.75) is 49.2 Å². The Morgan fingerprint density at radius 3 is 2.69 bits per heavy atom. The standard InChI is InChI=1S/C20H20IN2OS2.I2.HI/c21-10-14-11-23-19(24-14)17-15-8-4-5-9-16(15)26-18(17)22-20(23)25-12-13-6-2-1-3-7-13;1-2;/h1-3,6-7,14H,4-5,8-12H2;;1H/q+1;;/p-1. The third kappa shape index (κ3) is 5.46. The van der Waals surface area contributed by atoms with E-state index in [4.69, 9.17) is 9.72 Å². The van der Waals surface area contributed by atoms with Gasteiger partial charge in [-0.25, -0.2) is 0 Å². The number of aryl methyl sites for hydroxylation is 2. The van der Waals surface area contributed by atoms with E-state index in [1.54, 1.807) is 0 Å². The van der Waals surface area contributed by atoms with Crippen molar-refractivity contribution in [3.8, 4) is 5.88 Å². The number of hydrogen-bond donors (Lipinski definition) is 0. The molecule has 0 amide bonds. The number of hydrogen-bond acceptors (Lipinski definition) is 4. The number of alkyl halides is 1. The monoisotopic (exact) mass is 876 g/mol. The van der Waals surface area contributed by atoms with Crippen LogP contribution in [0, 0.1) is 0 Å². The number of halogens is 4. The minimum atomic E-state index is 0. The first-order valence-electron chi connectivity index (χ1n) is 9.25. The summed E-state index contributed by atoms with van der Waals surface area (Å²) in [5.74, 6) is 2.02. The summed E-state index contributed by atoms with van der Waals surface area (Å²) in [6.07, 6.45) is 5.25. The van der Waals surface area contributed by atoms with Crippen LogP contribution in [0.1, 0.15) is 28.8 Å². The number of thiophene rings is 1. The second kappa shape index (κ2) is 12.0. The van der Waals surface area contributed by atoms with Crippen molar-refractivity contribution in [2.75, 3.05) is 4.43 Å². The Balaban J connectivity index is 0.000000778. The van der Waals surface area contributed by atoms with Crippen LogP contribution in [-0.4, -0.2) is 15.5 Å². The molecule has 29 heavy (non-hydrogen) atoms. The summed E-state index contributed by atoms with van der Waals surface area (Å²) < 4.78 is 9.74. The van der Waals surface area contributed by atoms with Gasteiger partial charge in [0.25, 0.3) is 5.88 Å². The first-order valence-corrected chi connectivity index (χ1v) is 18.9. The second-order valence-electron chi connectivity index (χ2n) is 6.87. The minimum absolute atomic E-state index is 0. The lowest BCUT2D eigenvalue weighted by Crippen LogP contribution is -3.00. The average Bonchev–Trinajstić information content (AvgIpc) is 3.35. The Kier molecular flexibility index (Phi) is 10.3. The van der Waals surface area contributed by atoms with Crippen molar-refractivity contribution in [2.24, 2.45) is 0 Å². The molecule has 1 aliphatic heterocycles. The zero-order chi connectivity index (χ0) is 19.5. The Bertz CT molecular complexity index is 968. The first kappa shape index (κ1) is 25.0. The molecule has 5 rings (SSSR count). The molecule has 1 aromatic carbocycles. The highest BCUT2D eigenvalue weighted by molar-refractivity contribution is 15.0. The molecule has 0 spiro atoms. The van der Waals surface area contributed by atoms with Gasteiger partial charge in [0.15, 0.2) is 0 Å². The summed E-state index contributed by atoms with van der Waals surface area (Å²) in [5.41, 5.74) is 2.85. The second-order valence-corrected chi connectivity index (χ2v) is 9.78. The predicted molar refractivity (Wildman–Crippen MR) is 144 cm³/mol. The number of benzene rings is 1. The molecule has 0 saturated carbocycles. The molecule has 3 heterocycles. The quantitative estimate of drug-likeness (QED) is 0.132. The first-order chi connectivity index (χ1) is 13.8. The molecule has 1 unspecified atom stereocenters. The van der Waals surface area contributed by atoms with Crippen LogP contribution in [0.2, 0.25) is 0 Å². The highest BCUT2D eigenvalue weighted by atomic mass is 128. The number of aromatic nitrogens is 2. The fraction of sp³-hybridized carbons (Fsp3) is 0.400. The summed E-state index contributed by atoms with van der Waals surface area (Å²) in [6, 6.07) is 10.6. The maximum Gasteiger partial charge on any atom is 0.364 e. The topological polar surface area (TPSA) is 26.0 Å². The Labute approximate surface area is 234 Å². The van der Waals surface area contributed by atoms with E-state index < -0.39 is 0 Å². The van der Waals surface area contributed by atoms with E-state index in [1.165, 1.54) is 51.9 Å². The van der Waals surface area contributed by atoms with Gasteiger partial charge in [-0.15, -0.1) is 0 Å². The molecular formula is C20H20I4N2OS2. The summed E-state index contributed by atoms with van der Waals surface area (Å²) in [6.45, 7) is 0.920. The van der Waals surface area contributed by atoms with Crippen LogP contribution in [0.4, 0.5) is 0 Å². The number of rotatable bonds is 4. The molecular weight excluding hydrogens is 856 g/mol. The number of ether oxygens (including phenoxy) is 1. The van der Waals surface area contributed by atoms with Crippen molar-refractivity contribution >= 4 is 93.1 Å². The van der Waals surface area contributed by atoms with Gasteiger partial charge in [0.05, 0.1) is 0 Å². The molecule has 0 fully saturated rings. The molecule has 0 radical (unpaired) electrons. The Morgan fingerprint density at radius 2 is 1.93 bits per heavy atom. The van der Waals surface area contributed by atoms with Gasteiger partial charge in [-0.05, 0) is 53.6 Å². The maximum absolute atomic E-state index is 6.40. The fourth-order valence-electron chi connectivity index (χ4n) is 3.81. The molecule has 9 heteroatoms. The molecule has 156 valence electrons. The third-order valence-electron chi connectivity index (χ3n) is 5.09. The highest BCUT2D eigenvalue weighted by Gasteiger charge is 2.37. The van der Waals surface area contributed by atoms with Crippen LogP contribution < -0.4 is 33.3 Å². The zero-order valence-electron chi connectivity index (χ0n) is 15.5. The molecule has 0 bridgehead atoms. The Morgan fingerprint density at radius 1 is 1.17 bits per heavy atom. The maximum atomic E-state index is 6.40. The molecule has 2 aliphatic rings. The lowest BCUT2D eigenvalue weighted by atomic mass is 9.97. The van der Waals surface area contributed by atoms with Crippen molar-refractivity contribution in [1.29, 1.82) is 0 Å². The van der Waals surface area contributed by atoms with E-state index in [0.29, 0.717) is 0 Å². The van der Waals surface area contributed by atoms with Gasteiger partial charge < -0.3 is 28.7 Å². The smallest absolute Gasteiger partial charge is 0.364 e. The predicted octanol–water partition coefficient (Wildman–Crippen LogP) is 3.73. The van der Waals surface area contributed by atoms with Gasteiger partial charge >= 0.3 is 5.16 Å². The van der Waals surface area contributed by atoms with Gasteiger partial charge in [0.2, 0.25) is 4.83 Å². The molecule has 3 nitrogen and oxygen atoms in total. The van der Waals surface area contributed by atoms with E-state index in [1.807, 2.05) is 23.1 Å². The largest absolute Gasteiger partial charge is 1.00 e. The SMILES string of the molecule is ICC1C[n+]2c(SCc3ccccc3)nc3sc4c(c3c2O1)CCCC4.II.[I-]. The van der Waals surface area contributed by atoms with Crippen LogP contribution in [0.5, 0.6) is 5.88 Å². The molecule has 0 N–H and O–H groups in total. The van der Waals surface area contributed by atoms with Gasteiger partial charge in [-0.3, -0.25) is 0 Å². The molecule has 0 saturated heterocycles. The van der Waals surface area contributed by atoms with Crippen molar-refractivity contribution < 1.29 is 33.3 Å². The van der Waals surface area contributed by atoms with E-state index in [9.17, 15) is 0 Å². The lowest BCUT2D eigenvalue weighted by Gasteiger charge is -2.10. The van der Waals surface area contributed by atoms with Crippen molar-refractivity contribution in [3.05, 3.63) is 46.3 Å². The van der Waals surface area contributed by atoms with E-state index in [-0.39, 0.29) is 30.1 Å². The van der Waals surface area contributed by atoms with Crippen LogP contribution in [-0.2, 0) is 25.1 Å². The summed E-state index contributed by atoms with van der Waals surface area (Å²) in [7, 11) is 0. The Hall–Kier alpha value is 1.33. The average molecular weight is 876 g/mol. The van der Waals surface area contributed by atoms with Crippen molar-refractivity contribution in [3.63, 3.8) is 0 Å². The highest BCUT2D eigenvalue weighted by Crippen LogP contribution is 2.41. The van der Waals surface area contributed by atoms with Gasteiger partial charge in [-0.1, -0.05) is 64.3 Å². The fourth-order valence-corrected chi connectivity index (χ4v) is 6.54. The van der Waals surface area contributed by atoms with E-state index in [0.717, 1.165) is 27.8 Å². The van der Waals surface area contributed by atoms with Crippen molar-refractivity contribution in [1.82, 2.24) is 4.98 Å². The normalized spacial score (nSPS) is 16.9. The summed E-state index contributed by atoms with van der Waals surface area (Å²) >= 11 is 10.4.